The molecule has 1 aromatic rings. The lowest BCUT2D eigenvalue weighted by atomic mass is 10.1. The number of rotatable bonds is 3. The van der Waals surface area contributed by atoms with E-state index >= 15 is 0 Å². The molecule has 2 unspecified atom stereocenters. The highest BCUT2D eigenvalue weighted by Crippen LogP contribution is 2.36. The minimum absolute atomic E-state index is 0.174. The normalized spacial score (nSPS) is 20.8. The van der Waals surface area contributed by atoms with Crippen LogP contribution in [0.5, 0.6) is 5.75 Å². The van der Waals surface area contributed by atoms with Gasteiger partial charge in [0.15, 0.2) is 6.10 Å². The minimum Gasteiger partial charge on any atom is -0.508 e. The van der Waals surface area contributed by atoms with Crippen molar-refractivity contribution < 1.29 is 23.4 Å². The van der Waals surface area contributed by atoms with Crippen LogP contribution in [0.4, 0.5) is 13.2 Å². The number of hydrogen-bond acceptors (Lipinski definition) is 3. The van der Waals surface area contributed by atoms with Gasteiger partial charge >= 0.3 is 6.18 Å². The molecule has 6 heteroatoms. The van der Waals surface area contributed by atoms with Crippen LogP contribution in [0.25, 0.3) is 0 Å². The van der Waals surface area contributed by atoms with Gasteiger partial charge in [0.05, 0.1) is 0 Å². The summed E-state index contributed by atoms with van der Waals surface area (Å²) in [4.78, 5) is 0. The molecule has 1 aliphatic carbocycles. The van der Waals surface area contributed by atoms with Crippen molar-refractivity contribution in [2.75, 3.05) is 6.54 Å². The standard InChI is InChI=1S/C12H14F3NO2/c13-12(14,15)11(18)6-16-9-5-4-8-7(9)2-1-3-10(8)17/h1-3,9,11,16-18H,4-6H2. The van der Waals surface area contributed by atoms with E-state index < -0.39 is 18.8 Å². The summed E-state index contributed by atoms with van der Waals surface area (Å²) in [6.45, 7) is -0.538. The van der Waals surface area contributed by atoms with Gasteiger partial charge in [-0.2, -0.15) is 13.2 Å². The van der Waals surface area contributed by atoms with Gasteiger partial charge in [-0.15, -0.1) is 0 Å². The maximum Gasteiger partial charge on any atom is 0.415 e. The van der Waals surface area contributed by atoms with Crippen molar-refractivity contribution in [1.29, 1.82) is 0 Å². The Bertz CT molecular complexity index is 434. The van der Waals surface area contributed by atoms with Gasteiger partial charge < -0.3 is 15.5 Å². The summed E-state index contributed by atoms with van der Waals surface area (Å²) in [5.41, 5.74) is 1.58. The van der Waals surface area contributed by atoms with E-state index in [2.05, 4.69) is 5.32 Å². The van der Waals surface area contributed by atoms with E-state index in [4.69, 9.17) is 5.11 Å². The molecule has 0 aromatic heterocycles. The van der Waals surface area contributed by atoms with Gasteiger partial charge in [-0.3, -0.25) is 0 Å². The molecule has 100 valence electrons. The Morgan fingerprint density at radius 3 is 2.78 bits per heavy atom. The average molecular weight is 261 g/mol. The summed E-state index contributed by atoms with van der Waals surface area (Å²) in [6.07, 6.45) is -5.72. The third-order valence-electron chi connectivity index (χ3n) is 3.18. The Labute approximate surface area is 102 Å². The SMILES string of the molecule is Oc1cccc2c1CCC2NCC(O)C(F)(F)F. The maximum atomic E-state index is 12.2. The van der Waals surface area contributed by atoms with Crippen molar-refractivity contribution in [2.45, 2.75) is 31.2 Å². The van der Waals surface area contributed by atoms with Crippen LogP contribution in [0.15, 0.2) is 18.2 Å². The zero-order valence-corrected chi connectivity index (χ0v) is 9.54. The molecule has 3 N–H and O–H groups in total. The van der Waals surface area contributed by atoms with Crippen LogP contribution < -0.4 is 5.32 Å². The molecule has 0 bridgehead atoms. The summed E-state index contributed by atoms with van der Waals surface area (Å²) in [5, 5.41) is 21.2. The number of alkyl halides is 3. The molecular formula is C12H14F3NO2. The van der Waals surface area contributed by atoms with Crippen molar-refractivity contribution in [3.63, 3.8) is 0 Å². The monoisotopic (exact) mass is 261 g/mol. The van der Waals surface area contributed by atoms with E-state index in [1.807, 2.05) is 0 Å². The molecule has 3 nitrogen and oxygen atoms in total. The fraction of sp³-hybridized carbons (Fsp3) is 0.500. The van der Waals surface area contributed by atoms with Gasteiger partial charge in [0.1, 0.15) is 5.75 Å². The van der Waals surface area contributed by atoms with Crippen molar-refractivity contribution in [1.82, 2.24) is 5.32 Å². The first-order valence-corrected chi connectivity index (χ1v) is 5.68. The van der Waals surface area contributed by atoms with Crippen LogP contribution in [0, 0.1) is 0 Å². The van der Waals surface area contributed by atoms with Crippen LogP contribution in [-0.4, -0.2) is 29.0 Å². The zero-order chi connectivity index (χ0) is 13.3. The van der Waals surface area contributed by atoms with E-state index in [0.717, 1.165) is 11.1 Å². The van der Waals surface area contributed by atoms with Crippen LogP contribution in [0.3, 0.4) is 0 Å². The second kappa shape index (κ2) is 4.78. The number of benzene rings is 1. The summed E-state index contributed by atoms with van der Waals surface area (Å²) >= 11 is 0. The van der Waals surface area contributed by atoms with Gasteiger partial charge in [0, 0.05) is 12.6 Å². The fourth-order valence-corrected chi connectivity index (χ4v) is 2.22. The zero-order valence-electron chi connectivity index (χ0n) is 9.54. The number of phenolic OH excluding ortho intramolecular Hbond substituents is 1. The number of hydrogen-bond donors (Lipinski definition) is 3. The van der Waals surface area contributed by atoms with E-state index in [1.54, 1.807) is 18.2 Å². The molecule has 1 aliphatic rings. The van der Waals surface area contributed by atoms with Crippen molar-refractivity contribution in [3.05, 3.63) is 29.3 Å². The molecule has 0 amide bonds. The summed E-state index contributed by atoms with van der Waals surface area (Å²) in [5.74, 6) is 0.174. The van der Waals surface area contributed by atoms with Crippen molar-refractivity contribution >= 4 is 0 Å². The summed E-state index contributed by atoms with van der Waals surface area (Å²) in [6, 6.07) is 4.75. The highest BCUT2D eigenvalue weighted by Gasteiger charge is 2.38. The molecule has 0 radical (unpaired) electrons. The number of aliphatic hydroxyl groups excluding tert-OH is 1. The number of fused-ring (bicyclic) bond motifs is 1. The Balaban J connectivity index is 2.01. The molecular weight excluding hydrogens is 247 g/mol. The van der Waals surface area contributed by atoms with E-state index in [-0.39, 0.29) is 11.8 Å². The van der Waals surface area contributed by atoms with Gasteiger partial charge in [0.25, 0.3) is 0 Å². The van der Waals surface area contributed by atoms with Gasteiger partial charge in [-0.05, 0) is 30.0 Å². The van der Waals surface area contributed by atoms with E-state index in [0.29, 0.717) is 12.8 Å². The molecule has 0 saturated heterocycles. The van der Waals surface area contributed by atoms with Gasteiger partial charge in [-0.25, -0.2) is 0 Å². The molecule has 2 rings (SSSR count). The Morgan fingerprint density at radius 1 is 1.39 bits per heavy atom. The first kappa shape index (κ1) is 13.2. The molecule has 18 heavy (non-hydrogen) atoms. The predicted molar refractivity (Wildman–Crippen MR) is 59.2 cm³/mol. The number of aromatic hydroxyl groups is 1. The lowest BCUT2D eigenvalue weighted by Gasteiger charge is -2.19. The molecule has 2 atom stereocenters. The fourth-order valence-electron chi connectivity index (χ4n) is 2.22. The van der Waals surface area contributed by atoms with Crippen LogP contribution in [0.2, 0.25) is 0 Å². The topological polar surface area (TPSA) is 52.5 Å². The highest BCUT2D eigenvalue weighted by molar-refractivity contribution is 5.44. The summed E-state index contributed by atoms with van der Waals surface area (Å²) < 4.78 is 36.5. The lowest BCUT2D eigenvalue weighted by molar-refractivity contribution is -0.202. The van der Waals surface area contributed by atoms with Crippen molar-refractivity contribution in [2.24, 2.45) is 0 Å². The Morgan fingerprint density at radius 2 is 2.11 bits per heavy atom. The van der Waals surface area contributed by atoms with Gasteiger partial charge in [0.2, 0.25) is 0 Å². The first-order chi connectivity index (χ1) is 8.39. The molecule has 0 aliphatic heterocycles. The third-order valence-corrected chi connectivity index (χ3v) is 3.18. The Kier molecular flexibility index (Phi) is 3.49. The largest absolute Gasteiger partial charge is 0.508 e. The predicted octanol–water partition coefficient (Wildman–Crippen LogP) is 1.89. The van der Waals surface area contributed by atoms with Crippen LogP contribution in [-0.2, 0) is 6.42 Å². The Hall–Kier alpha value is -1.27. The lowest BCUT2D eigenvalue weighted by Crippen LogP contribution is -2.39. The van der Waals surface area contributed by atoms with Gasteiger partial charge in [-0.1, -0.05) is 12.1 Å². The number of aliphatic hydroxyl groups is 1. The minimum atomic E-state index is -4.60. The van der Waals surface area contributed by atoms with Crippen LogP contribution in [0.1, 0.15) is 23.6 Å². The number of phenols is 1. The molecule has 0 spiro atoms. The third kappa shape index (κ3) is 2.59. The second-order valence-electron chi connectivity index (χ2n) is 4.40. The molecule has 0 fully saturated rings. The highest BCUT2D eigenvalue weighted by atomic mass is 19.4. The summed E-state index contributed by atoms with van der Waals surface area (Å²) in [7, 11) is 0. The number of halogens is 3. The average Bonchev–Trinajstić information content (AvgIpc) is 2.69. The number of nitrogens with one attached hydrogen (secondary N) is 1. The molecule has 0 heterocycles. The van der Waals surface area contributed by atoms with Crippen molar-refractivity contribution in [3.8, 4) is 5.75 Å². The first-order valence-electron chi connectivity index (χ1n) is 5.68. The maximum absolute atomic E-state index is 12.2. The van der Waals surface area contributed by atoms with E-state index in [9.17, 15) is 18.3 Å². The smallest absolute Gasteiger partial charge is 0.415 e. The van der Waals surface area contributed by atoms with Crippen LogP contribution >= 0.6 is 0 Å². The molecule has 1 aromatic carbocycles. The van der Waals surface area contributed by atoms with E-state index in [1.165, 1.54) is 0 Å². The second-order valence-corrected chi connectivity index (χ2v) is 4.40. The molecule has 0 saturated carbocycles. The quantitative estimate of drug-likeness (QED) is 0.779.